The number of carbonyl (C=O) groups is 1. The Morgan fingerprint density at radius 3 is 2.61 bits per heavy atom. The topological polar surface area (TPSA) is 56.0 Å². The van der Waals surface area contributed by atoms with Gasteiger partial charge in [0.1, 0.15) is 10.8 Å². The first-order chi connectivity index (χ1) is 8.36. The molecule has 4 heteroatoms. The third-order valence-corrected chi connectivity index (χ3v) is 3.94. The summed E-state index contributed by atoms with van der Waals surface area (Å²) in [4.78, 5) is 16.5. The zero-order valence-corrected chi connectivity index (χ0v) is 12.6. The molecule has 1 rings (SSSR count). The lowest BCUT2D eigenvalue weighted by Gasteiger charge is -2.14. The highest BCUT2D eigenvalue weighted by Gasteiger charge is 2.19. The molecule has 1 aromatic rings. The van der Waals surface area contributed by atoms with Crippen LogP contribution in [0.1, 0.15) is 51.2 Å². The van der Waals surface area contributed by atoms with E-state index in [1.54, 1.807) is 11.3 Å². The molecular formula is C14H24N2OS. The first kappa shape index (κ1) is 15.3. The van der Waals surface area contributed by atoms with Gasteiger partial charge >= 0.3 is 0 Å². The van der Waals surface area contributed by atoms with Crippen LogP contribution < -0.4 is 5.73 Å². The van der Waals surface area contributed by atoms with Crippen LogP contribution in [0.4, 0.5) is 0 Å². The van der Waals surface area contributed by atoms with E-state index in [1.165, 1.54) is 0 Å². The second-order valence-corrected chi connectivity index (χ2v) is 6.75. The van der Waals surface area contributed by atoms with Crippen LogP contribution >= 0.6 is 11.3 Å². The predicted octanol–water partition coefficient (Wildman–Crippen LogP) is 2.93. The fraction of sp³-hybridized carbons (Fsp3) is 0.714. The van der Waals surface area contributed by atoms with Crippen LogP contribution in [0.15, 0.2) is 5.38 Å². The molecular weight excluding hydrogens is 244 g/mol. The summed E-state index contributed by atoms with van der Waals surface area (Å²) in [6.45, 7) is 9.07. The molecule has 0 radical (unpaired) electrons. The van der Waals surface area contributed by atoms with Gasteiger partial charge in [0.15, 0.2) is 0 Å². The van der Waals surface area contributed by atoms with E-state index in [4.69, 9.17) is 5.73 Å². The molecule has 3 nitrogen and oxygen atoms in total. The maximum atomic E-state index is 11.9. The normalized spacial score (nSPS) is 13.6. The molecule has 1 aromatic heterocycles. The Labute approximate surface area is 114 Å². The lowest BCUT2D eigenvalue weighted by molar-refractivity contribution is -0.119. The van der Waals surface area contributed by atoms with Crippen molar-refractivity contribution in [1.29, 1.82) is 0 Å². The van der Waals surface area contributed by atoms with Gasteiger partial charge < -0.3 is 5.73 Å². The van der Waals surface area contributed by atoms with Gasteiger partial charge in [0.05, 0.1) is 12.1 Å². The smallest absolute Gasteiger partial charge is 0.140 e. The number of carbonyl (C=O) groups excluding carboxylic acids is 1. The van der Waals surface area contributed by atoms with Crippen molar-refractivity contribution in [1.82, 2.24) is 4.98 Å². The molecule has 1 atom stereocenters. The van der Waals surface area contributed by atoms with E-state index in [2.05, 4.69) is 38.1 Å². The molecule has 0 fully saturated rings. The van der Waals surface area contributed by atoms with Crippen molar-refractivity contribution >= 4 is 17.1 Å². The van der Waals surface area contributed by atoms with Crippen molar-refractivity contribution in [2.24, 2.45) is 11.7 Å². The third kappa shape index (κ3) is 4.50. The van der Waals surface area contributed by atoms with Crippen LogP contribution in [0.25, 0.3) is 0 Å². The second kappa shape index (κ2) is 6.43. The molecule has 18 heavy (non-hydrogen) atoms. The van der Waals surface area contributed by atoms with Crippen LogP contribution in [0.5, 0.6) is 0 Å². The number of nitrogens with two attached hydrogens (primary N) is 1. The van der Waals surface area contributed by atoms with Crippen LogP contribution in [-0.4, -0.2) is 17.3 Å². The molecule has 0 saturated heterocycles. The summed E-state index contributed by atoms with van der Waals surface area (Å²) in [7, 11) is 0. The number of thiazole rings is 1. The van der Waals surface area contributed by atoms with Crippen molar-refractivity contribution in [2.45, 2.75) is 52.4 Å². The molecule has 1 heterocycles. The lowest BCUT2D eigenvalue weighted by Crippen LogP contribution is -2.18. The highest BCUT2D eigenvalue weighted by Crippen LogP contribution is 2.24. The molecule has 0 spiro atoms. The molecule has 2 N–H and O–H groups in total. The number of aromatic nitrogens is 1. The third-order valence-electron chi connectivity index (χ3n) is 3.10. The Hall–Kier alpha value is -0.740. The minimum Gasteiger partial charge on any atom is -0.330 e. The molecule has 0 saturated carbocycles. The molecule has 0 aliphatic carbocycles. The summed E-state index contributed by atoms with van der Waals surface area (Å²) in [6, 6.07) is 0. The van der Waals surface area contributed by atoms with Gasteiger partial charge in [-0.3, -0.25) is 4.79 Å². The summed E-state index contributed by atoms with van der Waals surface area (Å²) in [5.41, 5.74) is 6.75. The van der Waals surface area contributed by atoms with E-state index in [9.17, 15) is 4.79 Å². The van der Waals surface area contributed by atoms with Crippen molar-refractivity contribution in [3.8, 4) is 0 Å². The van der Waals surface area contributed by atoms with Crippen molar-refractivity contribution in [3.63, 3.8) is 0 Å². The minimum absolute atomic E-state index is 0.0566. The van der Waals surface area contributed by atoms with Gasteiger partial charge in [-0.2, -0.15) is 0 Å². The maximum absolute atomic E-state index is 11.9. The van der Waals surface area contributed by atoms with Crippen LogP contribution in [0.3, 0.4) is 0 Å². The molecule has 1 unspecified atom stereocenters. The van der Waals surface area contributed by atoms with E-state index < -0.39 is 0 Å². The standard InChI is InChI=1S/C14H24N2OS/c1-5-10(8-15)6-11(17)7-13-16-12(9-18-13)14(2,3)4/h9-10H,5-8,15H2,1-4H3. The van der Waals surface area contributed by atoms with Gasteiger partial charge in [0.25, 0.3) is 0 Å². The second-order valence-electron chi connectivity index (χ2n) is 5.81. The van der Waals surface area contributed by atoms with Gasteiger partial charge in [-0.05, 0) is 12.5 Å². The SMILES string of the molecule is CCC(CN)CC(=O)Cc1nc(C(C)(C)C)cs1. The predicted molar refractivity (Wildman–Crippen MR) is 77.0 cm³/mol. The zero-order valence-electron chi connectivity index (χ0n) is 11.8. The van der Waals surface area contributed by atoms with Crippen molar-refractivity contribution < 1.29 is 4.79 Å². The van der Waals surface area contributed by atoms with Crippen molar-refractivity contribution in [3.05, 3.63) is 16.1 Å². The number of rotatable bonds is 6. The van der Waals surface area contributed by atoms with Crippen molar-refractivity contribution in [2.75, 3.05) is 6.54 Å². The van der Waals surface area contributed by atoms with Gasteiger partial charge in [-0.15, -0.1) is 11.3 Å². The Bertz CT molecular complexity index is 389. The fourth-order valence-electron chi connectivity index (χ4n) is 1.69. The number of Topliss-reactive ketones (excluding diaryl/α,β-unsaturated/α-hetero) is 1. The molecule has 0 amide bonds. The first-order valence-electron chi connectivity index (χ1n) is 6.53. The van der Waals surface area contributed by atoms with E-state index in [0.717, 1.165) is 17.1 Å². The Balaban J connectivity index is 2.57. The lowest BCUT2D eigenvalue weighted by atomic mass is 9.93. The van der Waals surface area contributed by atoms with E-state index >= 15 is 0 Å². The van der Waals surface area contributed by atoms with Gasteiger partial charge in [0, 0.05) is 17.2 Å². The molecule has 0 aliphatic heterocycles. The summed E-state index contributed by atoms with van der Waals surface area (Å²) >= 11 is 1.58. The molecule has 0 aliphatic rings. The fourth-order valence-corrected chi connectivity index (χ4v) is 2.74. The number of ketones is 1. The summed E-state index contributed by atoms with van der Waals surface area (Å²) < 4.78 is 0. The summed E-state index contributed by atoms with van der Waals surface area (Å²) in [6.07, 6.45) is 2.00. The average Bonchev–Trinajstić information content (AvgIpc) is 2.74. The molecule has 102 valence electrons. The van der Waals surface area contributed by atoms with Crippen LogP contribution in [0.2, 0.25) is 0 Å². The highest BCUT2D eigenvalue weighted by molar-refractivity contribution is 7.09. The minimum atomic E-state index is 0.0566. The summed E-state index contributed by atoms with van der Waals surface area (Å²) in [5.74, 6) is 0.571. The largest absolute Gasteiger partial charge is 0.330 e. The number of hydrogen-bond donors (Lipinski definition) is 1. The van der Waals surface area contributed by atoms with Crippen LogP contribution in [0, 0.1) is 5.92 Å². The Morgan fingerprint density at radius 2 is 2.17 bits per heavy atom. The van der Waals surface area contributed by atoms with E-state index in [-0.39, 0.29) is 11.2 Å². The average molecular weight is 268 g/mol. The number of hydrogen-bond acceptors (Lipinski definition) is 4. The Kier molecular flexibility index (Phi) is 5.47. The van der Waals surface area contributed by atoms with Gasteiger partial charge in [-0.1, -0.05) is 34.1 Å². The molecule has 0 bridgehead atoms. The Morgan fingerprint density at radius 1 is 1.50 bits per heavy atom. The van der Waals surface area contributed by atoms with E-state index in [1.807, 2.05) is 0 Å². The number of nitrogens with zero attached hydrogens (tertiary/aromatic N) is 1. The first-order valence-corrected chi connectivity index (χ1v) is 7.41. The molecule has 0 aromatic carbocycles. The summed E-state index contributed by atoms with van der Waals surface area (Å²) in [5, 5.41) is 2.99. The van der Waals surface area contributed by atoms with E-state index in [0.29, 0.717) is 25.3 Å². The quantitative estimate of drug-likeness (QED) is 0.863. The van der Waals surface area contributed by atoms with Gasteiger partial charge in [-0.25, -0.2) is 4.98 Å². The zero-order chi connectivity index (χ0) is 13.8. The highest BCUT2D eigenvalue weighted by atomic mass is 32.1. The van der Waals surface area contributed by atoms with Gasteiger partial charge in [0.2, 0.25) is 0 Å². The monoisotopic (exact) mass is 268 g/mol. The van der Waals surface area contributed by atoms with Crippen LogP contribution in [-0.2, 0) is 16.6 Å². The maximum Gasteiger partial charge on any atom is 0.140 e.